The van der Waals surface area contributed by atoms with Crippen LogP contribution in [-0.2, 0) is 0 Å². The molecule has 3 N–H and O–H groups in total. The summed E-state index contributed by atoms with van der Waals surface area (Å²) in [4.78, 5) is 11.7. The van der Waals surface area contributed by atoms with E-state index in [-0.39, 0.29) is 19.2 Å². The van der Waals surface area contributed by atoms with Crippen molar-refractivity contribution in [3.63, 3.8) is 0 Å². The zero-order valence-electron chi connectivity index (χ0n) is 12.9. The number of hydrogen-bond donors (Lipinski definition) is 3. The number of rotatable bonds is 7. The first kappa shape index (κ1) is 16.6. The van der Waals surface area contributed by atoms with Crippen molar-refractivity contribution in [1.29, 1.82) is 0 Å². The second-order valence-corrected chi connectivity index (χ2v) is 4.84. The van der Waals surface area contributed by atoms with Crippen LogP contribution in [0.25, 0.3) is 0 Å². The quantitative estimate of drug-likeness (QED) is 0.732. The van der Waals surface area contributed by atoms with Gasteiger partial charge in [0.15, 0.2) is 0 Å². The van der Waals surface area contributed by atoms with Gasteiger partial charge in [-0.2, -0.15) is 0 Å². The molecule has 0 aliphatic rings. The van der Waals surface area contributed by atoms with Crippen molar-refractivity contribution in [2.45, 2.75) is 6.10 Å². The highest BCUT2D eigenvalue weighted by Gasteiger charge is 2.08. The monoisotopic (exact) mass is 316 g/mol. The predicted molar refractivity (Wildman–Crippen MR) is 88.0 cm³/mol. The van der Waals surface area contributed by atoms with Crippen LogP contribution in [-0.4, -0.2) is 37.5 Å². The SMILES string of the molecule is COc1ccc(OC[C@@H](O)CNC(=O)Nc2ccccc2)cc1. The molecule has 0 aliphatic heterocycles. The van der Waals surface area contributed by atoms with E-state index >= 15 is 0 Å². The predicted octanol–water partition coefficient (Wildman–Crippen LogP) is 2.26. The Morgan fingerprint density at radius 3 is 2.39 bits per heavy atom. The molecule has 6 heteroatoms. The number of urea groups is 1. The topological polar surface area (TPSA) is 79.8 Å². The van der Waals surface area contributed by atoms with Crippen LogP contribution in [0.15, 0.2) is 54.6 Å². The highest BCUT2D eigenvalue weighted by atomic mass is 16.5. The van der Waals surface area contributed by atoms with E-state index in [0.29, 0.717) is 11.4 Å². The summed E-state index contributed by atoms with van der Waals surface area (Å²) in [5, 5.41) is 15.1. The molecule has 0 spiro atoms. The summed E-state index contributed by atoms with van der Waals surface area (Å²) >= 11 is 0. The fourth-order valence-corrected chi connectivity index (χ4v) is 1.83. The zero-order chi connectivity index (χ0) is 16.5. The van der Waals surface area contributed by atoms with Crippen LogP contribution in [0.2, 0.25) is 0 Å². The van der Waals surface area contributed by atoms with Crippen LogP contribution in [0.5, 0.6) is 11.5 Å². The van der Waals surface area contributed by atoms with Crippen molar-refractivity contribution in [1.82, 2.24) is 5.32 Å². The minimum atomic E-state index is -0.807. The van der Waals surface area contributed by atoms with Gasteiger partial charge in [0.05, 0.1) is 7.11 Å². The van der Waals surface area contributed by atoms with Crippen molar-refractivity contribution in [2.24, 2.45) is 0 Å². The molecule has 122 valence electrons. The van der Waals surface area contributed by atoms with Crippen LogP contribution in [0.4, 0.5) is 10.5 Å². The van der Waals surface area contributed by atoms with Crippen LogP contribution in [0.3, 0.4) is 0 Å². The van der Waals surface area contributed by atoms with Crippen LogP contribution < -0.4 is 20.1 Å². The minimum Gasteiger partial charge on any atom is -0.497 e. The molecule has 0 unspecified atom stereocenters. The Labute approximate surface area is 135 Å². The van der Waals surface area contributed by atoms with Crippen molar-refractivity contribution < 1.29 is 19.4 Å². The number of carbonyl (C=O) groups is 1. The van der Waals surface area contributed by atoms with E-state index in [1.807, 2.05) is 18.2 Å². The minimum absolute atomic E-state index is 0.0813. The Kier molecular flexibility index (Phi) is 6.26. The Morgan fingerprint density at radius 1 is 1.09 bits per heavy atom. The van der Waals surface area contributed by atoms with E-state index < -0.39 is 6.10 Å². The smallest absolute Gasteiger partial charge is 0.319 e. The van der Waals surface area contributed by atoms with Gasteiger partial charge < -0.3 is 25.2 Å². The third kappa shape index (κ3) is 5.88. The van der Waals surface area contributed by atoms with E-state index in [2.05, 4.69) is 10.6 Å². The number of amides is 2. The summed E-state index contributed by atoms with van der Waals surface area (Å²) in [6.07, 6.45) is -0.807. The molecule has 2 aromatic carbocycles. The summed E-state index contributed by atoms with van der Waals surface area (Å²) in [7, 11) is 1.59. The van der Waals surface area contributed by atoms with Crippen molar-refractivity contribution in [3.05, 3.63) is 54.6 Å². The van der Waals surface area contributed by atoms with Gasteiger partial charge in [-0.3, -0.25) is 0 Å². The first-order valence-corrected chi connectivity index (χ1v) is 7.22. The maximum atomic E-state index is 11.7. The number of nitrogens with one attached hydrogen (secondary N) is 2. The number of anilines is 1. The number of aliphatic hydroxyl groups excluding tert-OH is 1. The molecular weight excluding hydrogens is 296 g/mol. The largest absolute Gasteiger partial charge is 0.497 e. The van der Waals surface area contributed by atoms with E-state index in [1.165, 1.54) is 0 Å². The van der Waals surface area contributed by atoms with Gasteiger partial charge in [0.2, 0.25) is 0 Å². The number of carbonyl (C=O) groups excluding carboxylic acids is 1. The number of benzene rings is 2. The molecule has 23 heavy (non-hydrogen) atoms. The van der Waals surface area contributed by atoms with Crippen LogP contribution >= 0.6 is 0 Å². The van der Waals surface area contributed by atoms with Crippen LogP contribution in [0.1, 0.15) is 0 Å². The lowest BCUT2D eigenvalue weighted by atomic mass is 10.3. The third-order valence-corrected chi connectivity index (χ3v) is 3.03. The lowest BCUT2D eigenvalue weighted by Crippen LogP contribution is -2.37. The Bertz CT molecular complexity index is 602. The van der Waals surface area contributed by atoms with Gasteiger partial charge in [-0.05, 0) is 36.4 Å². The molecule has 0 saturated carbocycles. The lowest BCUT2D eigenvalue weighted by Gasteiger charge is -2.14. The third-order valence-electron chi connectivity index (χ3n) is 3.03. The molecule has 2 aromatic rings. The molecule has 1 atom stereocenters. The number of ether oxygens (including phenoxy) is 2. The normalized spacial score (nSPS) is 11.4. The first-order chi connectivity index (χ1) is 11.2. The van der Waals surface area contributed by atoms with Crippen molar-refractivity contribution in [2.75, 3.05) is 25.6 Å². The van der Waals surface area contributed by atoms with Gasteiger partial charge in [0.25, 0.3) is 0 Å². The lowest BCUT2D eigenvalue weighted by molar-refractivity contribution is 0.108. The summed E-state index contributed by atoms with van der Waals surface area (Å²) in [5.74, 6) is 1.36. The molecule has 0 aliphatic carbocycles. The standard InChI is InChI=1S/C17H20N2O4/c1-22-15-7-9-16(10-8-15)23-12-14(20)11-18-17(21)19-13-5-3-2-4-6-13/h2-10,14,20H,11-12H2,1H3,(H2,18,19,21)/t14-/m0/s1. The average molecular weight is 316 g/mol. The summed E-state index contributed by atoms with van der Waals surface area (Å²) in [6.45, 7) is 0.173. The van der Waals surface area contributed by atoms with Gasteiger partial charge >= 0.3 is 6.03 Å². The fourth-order valence-electron chi connectivity index (χ4n) is 1.83. The van der Waals surface area contributed by atoms with E-state index in [4.69, 9.17) is 9.47 Å². The van der Waals surface area contributed by atoms with Gasteiger partial charge in [-0.25, -0.2) is 4.79 Å². The average Bonchev–Trinajstić information content (AvgIpc) is 2.59. The first-order valence-electron chi connectivity index (χ1n) is 7.22. The van der Waals surface area contributed by atoms with Gasteiger partial charge in [0, 0.05) is 12.2 Å². The molecule has 2 rings (SSSR count). The second-order valence-electron chi connectivity index (χ2n) is 4.84. The van der Waals surface area contributed by atoms with Crippen molar-refractivity contribution >= 4 is 11.7 Å². The van der Waals surface area contributed by atoms with Crippen LogP contribution in [0, 0.1) is 0 Å². The van der Waals surface area contributed by atoms with Gasteiger partial charge in [-0.15, -0.1) is 0 Å². The Balaban J connectivity index is 1.68. The zero-order valence-corrected chi connectivity index (χ0v) is 12.9. The molecule has 0 heterocycles. The molecule has 0 radical (unpaired) electrons. The summed E-state index contributed by atoms with van der Waals surface area (Å²) in [5.41, 5.74) is 0.689. The molecule has 0 saturated heterocycles. The maximum Gasteiger partial charge on any atom is 0.319 e. The maximum absolute atomic E-state index is 11.7. The molecular formula is C17H20N2O4. The molecule has 6 nitrogen and oxygen atoms in total. The highest BCUT2D eigenvalue weighted by molar-refractivity contribution is 5.89. The fraction of sp³-hybridized carbons (Fsp3) is 0.235. The van der Waals surface area contributed by atoms with E-state index in [1.54, 1.807) is 43.5 Å². The molecule has 0 fully saturated rings. The number of methoxy groups -OCH3 is 1. The van der Waals surface area contributed by atoms with Gasteiger partial charge in [-0.1, -0.05) is 18.2 Å². The molecule has 2 amide bonds. The Morgan fingerprint density at radius 2 is 1.74 bits per heavy atom. The van der Waals surface area contributed by atoms with E-state index in [9.17, 15) is 9.90 Å². The highest BCUT2D eigenvalue weighted by Crippen LogP contribution is 2.17. The summed E-state index contributed by atoms with van der Waals surface area (Å²) < 4.78 is 10.5. The molecule has 0 bridgehead atoms. The molecule has 0 aromatic heterocycles. The summed E-state index contributed by atoms with van der Waals surface area (Å²) in [6, 6.07) is 15.7. The van der Waals surface area contributed by atoms with Crippen molar-refractivity contribution in [3.8, 4) is 11.5 Å². The van der Waals surface area contributed by atoms with Gasteiger partial charge in [0.1, 0.15) is 24.2 Å². The number of aliphatic hydroxyl groups is 1. The number of hydrogen-bond acceptors (Lipinski definition) is 4. The number of para-hydroxylation sites is 1. The van der Waals surface area contributed by atoms with E-state index in [0.717, 1.165) is 5.75 Å². The second kappa shape index (κ2) is 8.65. The Hall–Kier alpha value is -2.73.